The van der Waals surface area contributed by atoms with Crippen molar-refractivity contribution in [3.63, 3.8) is 0 Å². The predicted octanol–water partition coefficient (Wildman–Crippen LogP) is 2.90. The SMILES string of the molecule is C=CCCc1c(C)cc2c(c1F)CCNC2. The molecule has 0 bridgehead atoms. The van der Waals surface area contributed by atoms with Crippen LogP contribution in [-0.4, -0.2) is 6.54 Å². The van der Waals surface area contributed by atoms with Gasteiger partial charge in [0.25, 0.3) is 0 Å². The molecule has 86 valence electrons. The van der Waals surface area contributed by atoms with Gasteiger partial charge in [0, 0.05) is 6.54 Å². The van der Waals surface area contributed by atoms with Crippen molar-refractivity contribution < 1.29 is 4.39 Å². The molecule has 0 spiro atoms. The number of fused-ring (bicyclic) bond motifs is 1. The lowest BCUT2D eigenvalue weighted by Crippen LogP contribution is -2.25. The topological polar surface area (TPSA) is 12.0 Å². The molecule has 0 radical (unpaired) electrons. The van der Waals surface area contributed by atoms with E-state index in [1.54, 1.807) is 0 Å². The fraction of sp³-hybridized carbons (Fsp3) is 0.429. The van der Waals surface area contributed by atoms with E-state index in [0.717, 1.165) is 54.6 Å². The molecule has 0 unspecified atom stereocenters. The van der Waals surface area contributed by atoms with Gasteiger partial charge in [-0.15, -0.1) is 6.58 Å². The fourth-order valence-corrected chi connectivity index (χ4v) is 2.35. The van der Waals surface area contributed by atoms with E-state index < -0.39 is 0 Å². The van der Waals surface area contributed by atoms with Crippen molar-refractivity contribution in [3.05, 3.63) is 46.8 Å². The van der Waals surface area contributed by atoms with Crippen molar-refractivity contribution in [2.24, 2.45) is 0 Å². The first-order valence-corrected chi connectivity index (χ1v) is 5.85. The Bertz CT molecular complexity index is 410. The minimum Gasteiger partial charge on any atom is -0.312 e. The van der Waals surface area contributed by atoms with Crippen LogP contribution < -0.4 is 5.32 Å². The molecule has 16 heavy (non-hydrogen) atoms. The van der Waals surface area contributed by atoms with Crippen LogP contribution in [0.2, 0.25) is 0 Å². The van der Waals surface area contributed by atoms with Gasteiger partial charge in [0.15, 0.2) is 0 Å². The minimum absolute atomic E-state index is 0.0263. The Morgan fingerprint density at radius 3 is 3.12 bits per heavy atom. The molecule has 1 aromatic rings. The smallest absolute Gasteiger partial charge is 0.130 e. The van der Waals surface area contributed by atoms with E-state index in [9.17, 15) is 4.39 Å². The maximum atomic E-state index is 14.3. The van der Waals surface area contributed by atoms with E-state index in [2.05, 4.69) is 18.0 Å². The molecule has 0 amide bonds. The number of hydrogen-bond acceptors (Lipinski definition) is 1. The van der Waals surface area contributed by atoms with Crippen LogP contribution >= 0.6 is 0 Å². The summed E-state index contributed by atoms with van der Waals surface area (Å²) in [5, 5.41) is 3.28. The Labute approximate surface area is 96.4 Å². The summed E-state index contributed by atoms with van der Waals surface area (Å²) in [5.41, 5.74) is 3.99. The van der Waals surface area contributed by atoms with Crippen LogP contribution in [0.15, 0.2) is 18.7 Å². The van der Waals surface area contributed by atoms with Crippen LogP contribution in [0.25, 0.3) is 0 Å². The number of nitrogens with one attached hydrogen (secondary N) is 1. The summed E-state index contributed by atoms with van der Waals surface area (Å²) in [6, 6.07) is 2.13. The van der Waals surface area contributed by atoms with Crippen molar-refractivity contribution >= 4 is 0 Å². The first-order chi connectivity index (χ1) is 7.74. The Balaban J connectivity index is 2.41. The molecule has 2 heteroatoms. The summed E-state index contributed by atoms with van der Waals surface area (Å²) in [4.78, 5) is 0. The zero-order chi connectivity index (χ0) is 11.5. The maximum absolute atomic E-state index is 14.3. The highest BCUT2D eigenvalue weighted by Gasteiger charge is 2.17. The van der Waals surface area contributed by atoms with Crippen LogP contribution in [0, 0.1) is 12.7 Å². The molecule has 1 aromatic carbocycles. The molecule has 1 heterocycles. The zero-order valence-electron chi connectivity index (χ0n) is 9.78. The van der Waals surface area contributed by atoms with Gasteiger partial charge in [-0.05, 0) is 55.0 Å². The van der Waals surface area contributed by atoms with E-state index in [0.29, 0.717) is 0 Å². The number of allylic oxidation sites excluding steroid dienone is 1. The van der Waals surface area contributed by atoms with E-state index in [-0.39, 0.29) is 5.82 Å². The molecule has 1 nitrogen and oxygen atoms in total. The summed E-state index contributed by atoms with van der Waals surface area (Å²) in [5.74, 6) is 0.0263. The van der Waals surface area contributed by atoms with E-state index in [4.69, 9.17) is 0 Å². The Morgan fingerprint density at radius 2 is 2.38 bits per heavy atom. The fourth-order valence-electron chi connectivity index (χ4n) is 2.35. The first kappa shape index (κ1) is 11.3. The van der Waals surface area contributed by atoms with Gasteiger partial charge in [-0.2, -0.15) is 0 Å². The van der Waals surface area contributed by atoms with Gasteiger partial charge < -0.3 is 5.32 Å². The summed E-state index contributed by atoms with van der Waals surface area (Å²) in [6.07, 6.45) is 4.26. The van der Waals surface area contributed by atoms with Crippen LogP contribution in [0.4, 0.5) is 4.39 Å². The monoisotopic (exact) mass is 219 g/mol. The van der Waals surface area contributed by atoms with Crippen LogP contribution in [0.5, 0.6) is 0 Å². The number of rotatable bonds is 3. The van der Waals surface area contributed by atoms with Gasteiger partial charge in [0.1, 0.15) is 5.82 Å². The summed E-state index contributed by atoms with van der Waals surface area (Å²) < 4.78 is 14.3. The van der Waals surface area contributed by atoms with Gasteiger partial charge in [-0.1, -0.05) is 12.1 Å². The summed E-state index contributed by atoms with van der Waals surface area (Å²) in [6.45, 7) is 7.37. The molecule has 2 rings (SSSR count). The molecule has 0 fully saturated rings. The van der Waals surface area contributed by atoms with Gasteiger partial charge in [-0.3, -0.25) is 0 Å². The lowest BCUT2D eigenvalue weighted by atomic mass is 9.92. The number of aryl methyl sites for hydroxylation is 1. The maximum Gasteiger partial charge on any atom is 0.130 e. The van der Waals surface area contributed by atoms with E-state index in [1.165, 1.54) is 0 Å². The highest BCUT2D eigenvalue weighted by Crippen LogP contribution is 2.25. The second kappa shape index (κ2) is 4.79. The second-order valence-corrected chi connectivity index (χ2v) is 4.38. The molecular formula is C14H18FN. The summed E-state index contributed by atoms with van der Waals surface area (Å²) >= 11 is 0. The predicted molar refractivity (Wildman–Crippen MR) is 65.1 cm³/mol. The molecule has 0 saturated carbocycles. The van der Waals surface area contributed by atoms with Crippen molar-refractivity contribution in [1.82, 2.24) is 5.32 Å². The highest BCUT2D eigenvalue weighted by atomic mass is 19.1. The Morgan fingerprint density at radius 1 is 1.56 bits per heavy atom. The van der Waals surface area contributed by atoms with Gasteiger partial charge in [-0.25, -0.2) is 4.39 Å². The van der Waals surface area contributed by atoms with Crippen LogP contribution in [0.1, 0.15) is 28.7 Å². The van der Waals surface area contributed by atoms with Crippen molar-refractivity contribution in [2.45, 2.75) is 32.7 Å². The third-order valence-electron chi connectivity index (χ3n) is 3.25. The van der Waals surface area contributed by atoms with E-state index in [1.807, 2.05) is 13.0 Å². The normalized spacial score (nSPS) is 14.6. The third kappa shape index (κ3) is 2.03. The van der Waals surface area contributed by atoms with Crippen molar-refractivity contribution in [1.29, 1.82) is 0 Å². The van der Waals surface area contributed by atoms with E-state index >= 15 is 0 Å². The first-order valence-electron chi connectivity index (χ1n) is 5.85. The number of halogens is 1. The molecule has 0 atom stereocenters. The standard InChI is InChI=1S/C14H18FN/c1-3-4-5-12-10(2)8-11-9-16-7-6-13(11)14(12)15/h3,8,16H,1,4-7,9H2,2H3. The Kier molecular flexibility index (Phi) is 3.39. The number of benzene rings is 1. The summed E-state index contributed by atoms with van der Waals surface area (Å²) in [7, 11) is 0. The lowest BCUT2D eigenvalue weighted by molar-refractivity contribution is 0.555. The molecular weight excluding hydrogens is 201 g/mol. The Hall–Kier alpha value is -1.15. The van der Waals surface area contributed by atoms with Crippen LogP contribution in [-0.2, 0) is 19.4 Å². The van der Waals surface area contributed by atoms with Crippen molar-refractivity contribution in [2.75, 3.05) is 6.54 Å². The molecule has 1 aliphatic heterocycles. The zero-order valence-corrected chi connectivity index (χ0v) is 9.78. The molecule has 0 aliphatic carbocycles. The minimum atomic E-state index is 0.0263. The van der Waals surface area contributed by atoms with Gasteiger partial charge in [0.05, 0.1) is 0 Å². The number of hydrogen-bond donors (Lipinski definition) is 1. The quantitative estimate of drug-likeness (QED) is 0.771. The van der Waals surface area contributed by atoms with Crippen molar-refractivity contribution in [3.8, 4) is 0 Å². The van der Waals surface area contributed by atoms with Crippen LogP contribution in [0.3, 0.4) is 0 Å². The molecule has 1 N–H and O–H groups in total. The molecule has 0 saturated heterocycles. The average molecular weight is 219 g/mol. The highest BCUT2D eigenvalue weighted by molar-refractivity contribution is 5.41. The second-order valence-electron chi connectivity index (χ2n) is 4.38. The third-order valence-corrected chi connectivity index (χ3v) is 3.25. The average Bonchev–Trinajstić information content (AvgIpc) is 2.29. The van der Waals surface area contributed by atoms with Gasteiger partial charge >= 0.3 is 0 Å². The largest absolute Gasteiger partial charge is 0.312 e. The molecule has 1 aliphatic rings. The molecule has 0 aromatic heterocycles. The lowest BCUT2D eigenvalue weighted by Gasteiger charge is -2.21. The van der Waals surface area contributed by atoms with Gasteiger partial charge in [0.2, 0.25) is 0 Å².